The number of hydrogen-bond acceptors (Lipinski definition) is 4. The molecular formula is C16H23ClN2O3. The summed E-state index contributed by atoms with van der Waals surface area (Å²) in [5, 5.41) is 2.81. The second-order valence-electron chi connectivity index (χ2n) is 5.50. The molecule has 22 heavy (non-hydrogen) atoms. The molecule has 1 aliphatic rings. The van der Waals surface area contributed by atoms with Gasteiger partial charge in [0.15, 0.2) is 6.04 Å². The largest absolute Gasteiger partial charge is 0.467 e. The molecule has 3 unspecified atom stereocenters. The van der Waals surface area contributed by atoms with Gasteiger partial charge in [-0.05, 0) is 24.8 Å². The van der Waals surface area contributed by atoms with Crippen LogP contribution in [0.2, 0.25) is 0 Å². The first-order chi connectivity index (χ1) is 10.1. The minimum absolute atomic E-state index is 0. The van der Waals surface area contributed by atoms with Crippen LogP contribution >= 0.6 is 12.4 Å². The van der Waals surface area contributed by atoms with Crippen molar-refractivity contribution >= 4 is 24.3 Å². The van der Waals surface area contributed by atoms with Crippen molar-refractivity contribution in [2.24, 2.45) is 11.7 Å². The van der Waals surface area contributed by atoms with Crippen molar-refractivity contribution in [2.75, 3.05) is 7.11 Å². The first-order valence-corrected chi connectivity index (χ1v) is 7.30. The highest BCUT2D eigenvalue weighted by Gasteiger charge is 2.30. The Morgan fingerprint density at radius 3 is 2.55 bits per heavy atom. The Morgan fingerprint density at radius 1 is 1.27 bits per heavy atom. The third kappa shape index (κ3) is 4.71. The highest BCUT2D eigenvalue weighted by atomic mass is 35.5. The van der Waals surface area contributed by atoms with Crippen LogP contribution in [0.15, 0.2) is 30.3 Å². The lowest BCUT2D eigenvalue weighted by molar-refractivity contribution is -0.146. The smallest absolute Gasteiger partial charge is 0.333 e. The fraction of sp³-hybridized carbons (Fsp3) is 0.500. The van der Waals surface area contributed by atoms with Gasteiger partial charge in [0.25, 0.3) is 0 Å². The lowest BCUT2D eigenvalue weighted by Crippen LogP contribution is -2.41. The number of benzene rings is 1. The molecule has 1 amide bonds. The molecule has 5 nitrogen and oxygen atoms in total. The van der Waals surface area contributed by atoms with Gasteiger partial charge in [0.05, 0.1) is 7.11 Å². The summed E-state index contributed by atoms with van der Waals surface area (Å²) in [5.41, 5.74) is 6.64. The second-order valence-corrected chi connectivity index (χ2v) is 5.50. The topological polar surface area (TPSA) is 81.4 Å². The zero-order chi connectivity index (χ0) is 15.2. The summed E-state index contributed by atoms with van der Waals surface area (Å²) in [6, 6.07) is 8.43. The molecule has 0 saturated heterocycles. The average Bonchev–Trinajstić information content (AvgIpc) is 2.52. The average molecular weight is 327 g/mol. The van der Waals surface area contributed by atoms with Crippen molar-refractivity contribution in [2.45, 2.75) is 37.8 Å². The van der Waals surface area contributed by atoms with E-state index in [0.717, 1.165) is 24.8 Å². The molecule has 1 aliphatic carbocycles. The van der Waals surface area contributed by atoms with E-state index in [4.69, 9.17) is 10.5 Å². The van der Waals surface area contributed by atoms with Gasteiger partial charge in [-0.2, -0.15) is 0 Å². The van der Waals surface area contributed by atoms with Gasteiger partial charge in [-0.3, -0.25) is 4.79 Å². The Bertz CT molecular complexity index is 495. The van der Waals surface area contributed by atoms with Gasteiger partial charge >= 0.3 is 5.97 Å². The van der Waals surface area contributed by atoms with Gasteiger partial charge in [-0.25, -0.2) is 4.79 Å². The van der Waals surface area contributed by atoms with E-state index in [1.165, 1.54) is 7.11 Å². The first kappa shape index (κ1) is 18.5. The van der Waals surface area contributed by atoms with Gasteiger partial charge in [-0.1, -0.05) is 36.8 Å². The van der Waals surface area contributed by atoms with E-state index in [9.17, 15) is 9.59 Å². The van der Waals surface area contributed by atoms with E-state index in [1.54, 1.807) is 12.1 Å². The van der Waals surface area contributed by atoms with E-state index < -0.39 is 12.0 Å². The van der Waals surface area contributed by atoms with Crippen LogP contribution in [0.1, 0.15) is 37.3 Å². The van der Waals surface area contributed by atoms with Crippen LogP contribution in [0.25, 0.3) is 0 Å². The molecule has 1 fully saturated rings. The summed E-state index contributed by atoms with van der Waals surface area (Å²) in [7, 11) is 1.32. The molecule has 0 aliphatic heterocycles. The second kappa shape index (κ2) is 8.76. The van der Waals surface area contributed by atoms with Crippen LogP contribution in [0.4, 0.5) is 0 Å². The SMILES string of the molecule is COC(=O)C(NC(=O)C1CCCC(N)C1)c1ccccc1.Cl. The molecule has 0 bridgehead atoms. The zero-order valence-electron chi connectivity index (χ0n) is 12.7. The van der Waals surface area contributed by atoms with Crippen LogP contribution < -0.4 is 11.1 Å². The highest BCUT2D eigenvalue weighted by molar-refractivity contribution is 5.86. The lowest BCUT2D eigenvalue weighted by Gasteiger charge is -2.27. The van der Waals surface area contributed by atoms with Crippen LogP contribution in [-0.2, 0) is 14.3 Å². The Labute approximate surface area is 137 Å². The van der Waals surface area contributed by atoms with Crippen molar-refractivity contribution in [1.29, 1.82) is 0 Å². The van der Waals surface area contributed by atoms with Crippen LogP contribution in [0.3, 0.4) is 0 Å². The Kier molecular flexibility index (Phi) is 7.35. The lowest BCUT2D eigenvalue weighted by atomic mass is 9.85. The van der Waals surface area contributed by atoms with E-state index in [1.807, 2.05) is 18.2 Å². The zero-order valence-corrected chi connectivity index (χ0v) is 13.5. The normalized spacial score (nSPS) is 22.1. The Hall–Kier alpha value is -1.59. The van der Waals surface area contributed by atoms with E-state index in [0.29, 0.717) is 6.42 Å². The standard InChI is InChI=1S/C16H22N2O3.ClH/c1-21-16(20)14(11-6-3-2-4-7-11)18-15(19)12-8-5-9-13(17)10-12;/h2-4,6-7,12-14H,5,8-10,17H2,1H3,(H,18,19);1H. The molecule has 6 heteroatoms. The maximum Gasteiger partial charge on any atom is 0.333 e. The van der Waals surface area contributed by atoms with Gasteiger partial charge in [0, 0.05) is 12.0 Å². The summed E-state index contributed by atoms with van der Waals surface area (Å²) >= 11 is 0. The molecular weight excluding hydrogens is 304 g/mol. The van der Waals surface area contributed by atoms with Crippen LogP contribution in [-0.4, -0.2) is 25.0 Å². The van der Waals surface area contributed by atoms with E-state index >= 15 is 0 Å². The maximum absolute atomic E-state index is 12.4. The number of nitrogens with one attached hydrogen (secondary N) is 1. The quantitative estimate of drug-likeness (QED) is 0.829. The van der Waals surface area contributed by atoms with E-state index in [2.05, 4.69) is 5.32 Å². The molecule has 0 aromatic heterocycles. The summed E-state index contributed by atoms with van der Waals surface area (Å²) in [6.45, 7) is 0. The highest BCUT2D eigenvalue weighted by Crippen LogP contribution is 2.24. The fourth-order valence-corrected chi connectivity index (χ4v) is 2.77. The van der Waals surface area contributed by atoms with Crippen molar-refractivity contribution in [3.8, 4) is 0 Å². The summed E-state index contributed by atoms with van der Waals surface area (Å²) in [6.07, 6.45) is 3.41. The number of carbonyl (C=O) groups is 2. The molecule has 1 saturated carbocycles. The number of nitrogens with two attached hydrogens (primary N) is 1. The number of halogens is 1. The predicted octanol–water partition coefficient (Wildman–Crippen LogP) is 1.96. The van der Waals surface area contributed by atoms with Gasteiger partial charge in [0.1, 0.15) is 0 Å². The minimum Gasteiger partial charge on any atom is -0.467 e. The number of methoxy groups -OCH3 is 1. The third-order valence-corrected chi connectivity index (χ3v) is 3.94. The molecule has 0 spiro atoms. The molecule has 3 N–H and O–H groups in total. The van der Waals surface area contributed by atoms with Gasteiger partial charge < -0.3 is 15.8 Å². The summed E-state index contributed by atoms with van der Waals surface area (Å²) in [4.78, 5) is 24.3. The van der Waals surface area contributed by atoms with Crippen molar-refractivity contribution in [1.82, 2.24) is 5.32 Å². The van der Waals surface area contributed by atoms with Crippen LogP contribution in [0.5, 0.6) is 0 Å². The predicted molar refractivity (Wildman–Crippen MR) is 86.5 cm³/mol. The Balaban J connectivity index is 0.00000242. The van der Waals surface area contributed by atoms with Crippen molar-refractivity contribution in [3.63, 3.8) is 0 Å². The molecule has 1 aromatic carbocycles. The fourth-order valence-electron chi connectivity index (χ4n) is 2.77. The molecule has 122 valence electrons. The van der Waals surface area contributed by atoms with E-state index in [-0.39, 0.29) is 30.3 Å². The van der Waals surface area contributed by atoms with Crippen molar-refractivity contribution < 1.29 is 14.3 Å². The van der Waals surface area contributed by atoms with Gasteiger partial charge in [0.2, 0.25) is 5.91 Å². The summed E-state index contributed by atoms with van der Waals surface area (Å²) < 4.78 is 4.80. The number of amides is 1. The molecule has 0 radical (unpaired) electrons. The van der Waals surface area contributed by atoms with Crippen LogP contribution in [0, 0.1) is 5.92 Å². The van der Waals surface area contributed by atoms with Crippen molar-refractivity contribution in [3.05, 3.63) is 35.9 Å². The number of ether oxygens (including phenoxy) is 1. The first-order valence-electron chi connectivity index (χ1n) is 7.30. The Morgan fingerprint density at radius 2 is 1.95 bits per heavy atom. The number of esters is 1. The molecule has 0 heterocycles. The van der Waals surface area contributed by atoms with Gasteiger partial charge in [-0.15, -0.1) is 12.4 Å². The molecule has 2 rings (SSSR count). The third-order valence-electron chi connectivity index (χ3n) is 3.94. The number of rotatable bonds is 4. The number of hydrogen-bond donors (Lipinski definition) is 2. The minimum atomic E-state index is -0.762. The number of carbonyl (C=O) groups excluding carboxylic acids is 2. The summed E-state index contributed by atoms with van der Waals surface area (Å²) in [5.74, 6) is -0.705. The monoisotopic (exact) mass is 326 g/mol. The molecule has 1 aromatic rings. The molecule has 3 atom stereocenters. The maximum atomic E-state index is 12.4.